The van der Waals surface area contributed by atoms with E-state index in [1.54, 1.807) is 19.9 Å². The van der Waals surface area contributed by atoms with Crippen molar-refractivity contribution >= 4 is 17.4 Å². The summed E-state index contributed by atoms with van der Waals surface area (Å²) in [7, 11) is 0. The molecule has 0 fully saturated rings. The molecule has 0 radical (unpaired) electrons. The molecule has 1 aromatic carbocycles. The van der Waals surface area contributed by atoms with E-state index < -0.39 is 29.7 Å². The van der Waals surface area contributed by atoms with Crippen LogP contribution in [0, 0.1) is 17.0 Å². The highest BCUT2D eigenvalue weighted by atomic mass is 16.6. The normalized spacial score (nSPS) is 9.90. The lowest BCUT2D eigenvalue weighted by atomic mass is 10.2. The largest absolute Gasteiger partial charge is 0.479 e. The lowest BCUT2D eigenvalue weighted by Gasteiger charge is -2.08. The predicted molar refractivity (Wildman–Crippen MR) is 69.6 cm³/mol. The zero-order valence-electron chi connectivity index (χ0n) is 11.3. The predicted octanol–water partition coefficient (Wildman–Crippen LogP) is 1.80. The van der Waals surface area contributed by atoms with Crippen LogP contribution in [0.15, 0.2) is 18.2 Å². The average molecular weight is 281 g/mol. The molecule has 0 bridgehead atoms. The van der Waals surface area contributed by atoms with Gasteiger partial charge in [0.05, 0.1) is 11.5 Å². The van der Waals surface area contributed by atoms with Crippen LogP contribution in [0.3, 0.4) is 0 Å². The topological polar surface area (TPSA) is 95.7 Å². The van der Waals surface area contributed by atoms with Gasteiger partial charge in [0.25, 0.3) is 0 Å². The molecule has 0 N–H and O–H groups in total. The molecule has 0 saturated carbocycles. The van der Waals surface area contributed by atoms with E-state index in [1.165, 1.54) is 12.1 Å². The number of nitrogens with zero attached hydrogens (tertiary/aromatic N) is 1. The van der Waals surface area contributed by atoms with Gasteiger partial charge in [-0.15, -0.1) is 0 Å². The Morgan fingerprint density at radius 3 is 2.65 bits per heavy atom. The number of rotatable bonds is 7. The minimum Gasteiger partial charge on any atom is -0.479 e. The summed E-state index contributed by atoms with van der Waals surface area (Å²) in [6.45, 7) is 3.05. The summed E-state index contributed by atoms with van der Waals surface area (Å²) in [6.07, 6.45) is -0.409. The Hall–Kier alpha value is -2.44. The van der Waals surface area contributed by atoms with Crippen LogP contribution in [0.1, 0.15) is 18.9 Å². The Morgan fingerprint density at radius 2 is 2.05 bits per heavy atom. The van der Waals surface area contributed by atoms with E-state index in [2.05, 4.69) is 4.74 Å². The highest BCUT2D eigenvalue weighted by Crippen LogP contribution is 2.30. The summed E-state index contributed by atoms with van der Waals surface area (Å²) >= 11 is 0. The highest BCUT2D eigenvalue weighted by Gasteiger charge is 2.19. The number of hydrogen-bond donors (Lipinski definition) is 0. The molecular weight excluding hydrogens is 266 g/mol. The number of carbonyl (C=O) groups is 2. The van der Waals surface area contributed by atoms with E-state index in [4.69, 9.17) is 4.74 Å². The van der Waals surface area contributed by atoms with E-state index in [0.717, 1.165) is 0 Å². The Bertz CT molecular complexity index is 526. The molecule has 0 amide bonds. The Labute approximate surface area is 115 Å². The molecule has 0 saturated heterocycles. The molecule has 0 spiro atoms. The van der Waals surface area contributed by atoms with Crippen molar-refractivity contribution in [1.82, 2.24) is 0 Å². The number of hydrogen-bond acceptors (Lipinski definition) is 6. The van der Waals surface area contributed by atoms with Crippen LogP contribution < -0.4 is 4.74 Å². The summed E-state index contributed by atoms with van der Waals surface area (Å²) in [5.41, 5.74) is 0.331. The molecule has 0 unspecified atom stereocenters. The second-order valence-electron chi connectivity index (χ2n) is 3.99. The number of esters is 1. The van der Waals surface area contributed by atoms with Crippen LogP contribution in [0.5, 0.6) is 5.75 Å². The minimum absolute atomic E-state index is 0.0368. The summed E-state index contributed by atoms with van der Waals surface area (Å²) < 4.78 is 9.80. The van der Waals surface area contributed by atoms with Crippen molar-refractivity contribution in [3.63, 3.8) is 0 Å². The number of aryl methyl sites for hydroxylation is 1. The Balaban J connectivity index is 2.68. The summed E-state index contributed by atoms with van der Waals surface area (Å²) in [5.74, 6) is -1.10. The number of Topliss-reactive ketones (excluding diaryl/α,β-unsaturated/α-hetero) is 1. The van der Waals surface area contributed by atoms with Crippen molar-refractivity contribution in [1.29, 1.82) is 0 Å². The van der Waals surface area contributed by atoms with E-state index in [0.29, 0.717) is 5.56 Å². The van der Waals surface area contributed by atoms with Gasteiger partial charge in [-0.3, -0.25) is 19.7 Å². The third-order valence-electron chi connectivity index (χ3n) is 2.41. The molecular formula is C13H15NO6. The summed E-state index contributed by atoms with van der Waals surface area (Å²) in [6, 6.07) is 4.46. The van der Waals surface area contributed by atoms with Crippen LogP contribution in [0.4, 0.5) is 5.69 Å². The molecule has 0 heterocycles. The van der Waals surface area contributed by atoms with Gasteiger partial charge in [-0.05, 0) is 19.4 Å². The van der Waals surface area contributed by atoms with Gasteiger partial charge >= 0.3 is 11.7 Å². The summed E-state index contributed by atoms with van der Waals surface area (Å²) in [5, 5.41) is 10.8. The quantitative estimate of drug-likeness (QED) is 0.327. The van der Waals surface area contributed by atoms with E-state index in [-0.39, 0.29) is 18.0 Å². The molecule has 0 atom stereocenters. The monoisotopic (exact) mass is 281 g/mol. The van der Waals surface area contributed by atoms with Crippen molar-refractivity contribution in [3.05, 3.63) is 33.9 Å². The molecule has 0 aliphatic carbocycles. The second-order valence-corrected chi connectivity index (χ2v) is 3.99. The number of carbonyl (C=O) groups excluding carboxylic acids is 2. The van der Waals surface area contributed by atoms with E-state index >= 15 is 0 Å². The lowest BCUT2D eigenvalue weighted by molar-refractivity contribution is -0.385. The second kappa shape index (κ2) is 7.22. The van der Waals surface area contributed by atoms with Crippen LogP contribution >= 0.6 is 0 Å². The van der Waals surface area contributed by atoms with Crippen LogP contribution in [0.25, 0.3) is 0 Å². The molecule has 20 heavy (non-hydrogen) atoms. The molecule has 0 aromatic heterocycles. The third-order valence-corrected chi connectivity index (χ3v) is 2.41. The smallest absolute Gasteiger partial charge is 0.313 e. The number of ether oxygens (including phenoxy) is 2. The fraction of sp³-hybridized carbons (Fsp3) is 0.385. The van der Waals surface area contributed by atoms with Crippen molar-refractivity contribution in [2.45, 2.75) is 20.3 Å². The van der Waals surface area contributed by atoms with Gasteiger partial charge in [-0.2, -0.15) is 0 Å². The summed E-state index contributed by atoms with van der Waals surface area (Å²) in [4.78, 5) is 32.9. The van der Waals surface area contributed by atoms with Crippen LogP contribution in [-0.4, -0.2) is 29.9 Å². The number of benzene rings is 1. The zero-order chi connectivity index (χ0) is 15.1. The van der Waals surface area contributed by atoms with Gasteiger partial charge in [0.2, 0.25) is 0 Å². The first-order valence-electron chi connectivity index (χ1n) is 5.99. The van der Waals surface area contributed by atoms with Gasteiger partial charge in [0.1, 0.15) is 13.0 Å². The average Bonchev–Trinajstić information content (AvgIpc) is 2.37. The molecule has 0 aliphatic heterocycles. The van der Waals surface area contributed by atoms with Crippen molar-refractivity contribution in [3.8, 4) is 5.75 Å². The maximum absolute atomic E-state index is 11.5. The Kier molecular flexibility index (Phi) is 5.64. The molecule has 0 aliphatic rings. The van der Waals surface area contributed by atoms with Crippen molar-refractivity contribution in [2.24, 2.45) is 0 Å². The molecule has 7 heteroatoms. The molecule has 108 valence electrons. The molecule has 7 nitrogen and oxygen atoms in total. The van der Waals surface area contributed by atoms with Gasteiger partial charge in [-0.25, -0.2) is 0 Å². The number of nitro benzene ring substituents is 1. The van der Waals surface area contributed by atoms with Gasteiger partial charge < -0.3 is 9.47 Å². The first-order valence-corrected chi connectivity index (χ1v) is 5.99. The number of nitro groups is 1. The van der Waals surface area contributed by atoms with Gasteiger partial charge in [0, 0.05) is 6.07 Å². The molecule has 1 rings (SSSR count). The van der Waals surface area contributed by atoms with Crippen LogP contribution in [-0.2, 0) is 14.3 Å². The fourth-order valence-electron chi connectivity index (χ4n) is 1.55. The zero-order valence-corrected chi connectivity index (χ0v) is 11.3. The molecule has 1 aromatic rings. The number of ketones is 1. The fourth-order valence-corrected chi connectivity index (χ4v) is 1.55. The number of para-hydroxylation sites is 1. The van der Waals surface area contributed by atoms with E-state index in [1.807, 2.05) is 0 Å². The first kappa shape index (κ1) is 15.6. The first-order chi connectivity index (χ1) is 9.45. The van der Waals surface area contributed by atoms with Crippen molar-refractivity contribution < 1.29 is 24.0 Å². The van der Waals surface area contributed by atoms with Gasteiger partial charge in [0.15, 0.2) is 11.5 Å². The SMILES string of the molecule is CCOC(=O)CC(=O)COc1c(C)cccc1[N+](=O)[O-]. The minimum atomic E-state index is -0.639. The Morgan fingerprint density at radius 1 is 1.35 bits per heavy atom. The van der Waals surface area contributed by atoms with Crippen molar-refractivity contribution in [2.75, 3.05) is 13.2 Å². The lowest BCUT2D eigenvalue weighted by Crippen LogP contribution is -2.18. The van der Waals surface area contributed by atoms with Gasteiger partial charge in [-0.1, -0.05) is 12.1 Å². The third kappa shape index (κ3) is 4.34. The highest BCUT2D eigenvalue weighted by molar-refractivity contribution is 5.96. The van der Waals surface area contributed by atoms with Crippen LogP contribution in [0.2, 0.25) is 0 Å². The maximum Gasteiger partial charge on any atom is 0.313 e. The maximum atomic E-state index is 11.5. The standard InChI is InChI=1S/C13H15NO6/c1-3-19-12(16)7-10(15)8-20-13-9(2)5-4-6-11(13)14(17)18/h4-6H,3,7-8H2,1-2H3. The van der Waals surface area contributed by atoms with E-state index in [9.17, 15) is 19.7 Å².